The lowest BCUT2D eigenvalue weighted by molar-refractivity contribution is -0.0259. The van der Waals surface area contributed by atoms with Crippen LogP contribution in [0.3, 0.4) is 0 Å². The molecule has 0 radical (unpaired) electrons. The fraction of sp³-hybridized carbons (Fsp3) is 0.455. The fourth-order valence-electron chi connectivity index (χ4n) is 1.77. The van der Waals surface area contributed by atoms with Gasteiger partial charge in [0.2, 0.25) is 0 Å². The molecule has 0 N–H and O–H groups in total. The maximum Gasteiger partial charge on any atom is 0.0908 e. The zero-order valence-electron chi connectivity index (χ0n) is 7.63. The molecule has 0 saturated heterocycles. The molecule has 1 unspecified atom stereocenters. The van der Waals surface area contributed by atoms with Crippen LogP contribution >= 0.6 is 0 Å². The van der Waals surface area contributed by atoms with Gasteiger partial charge in [0.25, 0.3) is 0 Å². The summed E-state index contributed by atoms with van der Waals surface area (Å²) in [7, 11) is 0. The van der Waals surface area contributed by atoms with Crippen LogP contribution in [0.1, 0.15) is 31.4 Å². The molecule has 1 aromatic carbocycles. The molecule has 0 spiro atoms. The molecule has 1 aromatic rings. The van der Waals surface area contributed by atoms with Gasteiger partial charge in [-0.15, -0.1) is 0 Å². The van der Waals surface area contributed by atoms with Crippen LogP contribution in [0, 0.1) is 0 Å². The lowest BCUT2D eigenvalue weighted by atomic mass is 9.92. The molecular formula is C11H14O. The van der Waals surface area contributed by atoms with E-state index in [1.165, 1.54) is 11.1 Å². The van der Waals surface area contributed by atoms with Crippen LogP contribution in [0.15, 0.2) is 24.3 Å². The van der Waals surface area contributed by atoms with E-state index in [1.807, 2.05) is 0 Å². The Morgan fingerprint density at radius 2 is 2.17 bits per heavy atom. The summed E-state index contributed by atoms with van der Waals surface area (Å²) in [5.74, 6) is 0. The van der Waals surface area contributed by atoms with Crippen LogP contribution in [0.5, 0.6) is 0 Å². The topological polar surface area (TPSA) is 9.23 Å². The number of hydrogen-bond donors (Lipinski definition) is 0. The molecule has 0 fully saturated rings. The Morgan fingerprint density at radius 3 is 2.92 bits per heavy atom. The molecule has 0 amide bonds. The maximum atomic E-state index is 5.76. The lowest BCUT2D eigenvalue weighted by Gasteiger charge is -2.22. The number of rotatable bonds is 1. The highest BCUT2D eigenvalue weighted by molar-refractivity contribution is 5.34. The second-order valence-corrected chi connectivity index (χ2v) is 3.53. The fourth-order valence-corrected chi connectivity index (χ4v) is 1.77. The monoisotopic (exact) mass is 162 g/mol. The minimum atomic E-state index is -0.0312. The Morgan fingerprint density at radius 1 is 1.42 bits per heavy atom. The number of hydrogen-bond acceptors (Lipinski definition) is 1. The van der Waals surface area contributed by atoms with E-state index in [-0.39, 0.29) is 5.60 Å². The Labute approximate surface area is 73.4 Å². The number of benzene rings is 1. The highest BCUT2D eigenvalue weighted by Gasteiger charge is 2.32. The molecule has 1 atom stereocenters. The highest BCUT2D eigenvalue weighted by atomic mass is 16.5. The molecule has 0 bridgehead atoms. The van der Waals surface area contributed by atoms with Gasteiger partial charge < -0.3 is 4.74 Å². The third-order valence-electron chi connectivity index (χ3n) is 2.81. The van der Waals surface area contributed by atoms with Crippen molar-refractivity contribution in [2.45, 2.75) is 32.5 Å². The quantitative estimate of drug-likeness (QED) is 0.617. The van der Waals surface area contributed by atoms with Crippen molar-refractivity contribution < 1.29 is 4.74 Å². The second-order valence-electron chi connectivity index (χ2n) is 3.53. The third kappa shape index (κ3) is 0.969. The van der Waals surface area contributed by atoms with E-state index in [4.69, 9.17) is 4.74 Å². The Bertz CT molecular complexity index is 293. The van der Waals surface area contributed by atoms with Crippen LogP contribution in [0.4, 0.5) is 0 Å². The van der Waals surface area contributed by atoms with Gasteiger partial charge >= 0.3 is 0 Å². The summed E-state index contributed by atoms with van der Waals surface area (Å²) in [5, 5.41) is 0. The first kappa shape index (κ1) is 7.81. The van der Waals surface area contributed by atoms with E-state index >= 15 is 0 Å². The summed E-state index contributed by atoms with van der Waals surface area (Å²) in [4.78, 5) is 0. The van der Waals surface area contributed by atoms with E-state index in [0.29, 0.717) is 0 Å². The molecule has 1 aliphatic rings. The van der Waals surface area contributed by atoms with Crippen LogP contribution < -0.4 is 0 Å². The first-order chi connectivity index (χ1) is 5.76. The smallest absolute Gasteiger partial charge is 0.0908 e. The van der Waals surface area contributed by atoms with Crippen molar-refractivity contribution in [1.82, 2.24) is 0 Å². The van der Waals surface area contributed by atoms with E-state index in [0.717, 1.165) is 13.0 Å². The molecule has 12 heavy (non-hydrogen) atoms. The number of ether oxygens (including phenoxy) is 1. The van der Waals surface area contributed by atoms with E-state index in [2.05, 4.69) is 38.1 Å². The minimum absolute atomic E-state index is 0.0312. The average molecular weight is 162 g/mol. The van der Waals surface area contributed by atoms with Crippen molar-refractivity contribution in [3.05, 3.63) is 35.4 Å². The predicted octanol–water partition coefficient (Wildman–Crippen LogP) is 2.84. The van der Waals surface area contributed by atoms with Crippen molar-refractivity contribution in [3.8, 4) is 0 Å². The predicted molar refractivity (Wildman–Crippen MR) is 48.9 cm³/mol. The average Bonchev–Trinajstić information content (AvgIpc) is 2.46. The zero-order chi connectivity index (χ0) is 8.60. The van der Waals surface area contributed by atoms with Gasteiger partial charge in [-0.3, -0.25) is 0 Å². The molecular weight excluding hydrogens is 148 g/mol. The summed E-state index contributed by atoms with van der Waals surface area (Å²) in [6.07, 6.45) is 1.05. The molecule has 1 heterocycles. The Hall–Kier alpha value is -0.820. The summed E-state index contributed by atoms with van der Waals surface area (Å²) in [6, 6.07) is 8.48. The highest BCUT2D eigenvalue weighted by Crippen LogP contribution is 2.38. The Balaban J connectivity index is 2.49. The Kier molecular flexibility index (Phi) is 1.69. The first-order valence-corrected chi connectivity index (χ1v) is 4.48. The zero-order valence-corrected chi connectivity index (χ0v) is 7.63. The summed E-state index contributed by atoms with van der Waals surface area (Å²) in [5.41, 5.74) is 2.69. The van der Waals surface area contributed by atoms with Gasteiger partial charge in [-0.05, 0) is 24.5 Å². The largest absolute Gasteiger partial charge is 0.366 e. The molecule has 1 nitrogen and oxygen atoms in total. The summed E-state index contributed by atoms with van der Waals surface area (Å²) in [6.45, 7) is 5.11. The summed E-state index contributed by atoms with van der Waals surface area (Å²) >= 11 is 0. The van der Waals surface area contributed by atoms with Gasteiger partial charge in [-0.2, -0.15) is 0 Å². The van der Waals surface area contributed by atoms with Crippen LogP contribution in [-0.4, -0.2) is 0 Å². The normalized spacial score (nSPS) is 27.2. The van der Waals surface area contributed by atoms with Gasteiger partial charge in [0.05, 0.1) is 12.2 Å². The van der Waals surface area contributed by atoms with E-state index in [9.17, 15) is 0 Å². The van der Waals surface area contributed by atoms with Gasteiger partial charge in [0, 0.05) is 0 Å². The van der Waals surface area contributed by atoms with Gasteiger partial charge in [-0.1, -0.05) is 31.2 Å². The van der Waals surface area contributed by atoms with Gasteiger partial charge in [-0.25, -0.2) is 0 Å². The van der Waals surface area contributed by atoms with E-state index in [1.54, 1.807) is 0 Å². The van der Waals surface area contributed by atoms with Crippen LogP contribution in [-0.2, 0) is 16.9 Å². The SMILES string of the molecule is CCC1(C)OCc2ccccc21. The molecule has 1 aliphatic heterocycles. The third-order valence-corrected chi connectivity index (χ3v) is 2.81. The molecule has 0 aliphatic carbocycles. The van der Waals surface area contributed by atoms with Crippen LogP contribution in [0.2, 0.25) is 0 Å². The molecule has 1 heteroatoms. The van der Waals surface area contributed by atoms with Crippen molar-refractivity contribution in [2.75, 3.05) is 0 Å². The van der Waals surface area contributed by atoms with Gasteiger partial charge in [0.15, 0.2) is 0 Å². The van der Waals surface area contributed by atoms with Crippen molar-refractivity contribution in [2.24, 2.45) is 0 Å². The summed E-state index contributed by atoms with van der Waals surface area (Å²) < 4.78 is 5.76. The van der Waals surface area contributed by atoms with Crippen molar-refractivity contribution in [1.29, 1.82) is 0 Å². The van der Waals surface area contributed by atoms with Crippen LogP contribution in [0.25, 0.3) is 0 Å². The standard InChI is InChI=1S/C11H14O/c1-3-11(2)10-7-5-4-6-9(10)8-12-11/h4-7H,3,8H2,1-2H3. The van der Waals surface area contributed by atoms with E-state index < -0.39 is 0 Å². The minimum Gasteiger partial charge on any atom is -0.366 e. The van der Waals surface area contributed by atoms with Crippen molar-refractivity contribution in [3.63, 3.8) is 0 Å². The van der Waals surface area contributed by atoms with Crippen molar-refractivity contribution >= 4 is 0 Å². The maximum absolute atomic E-state index is 5.76. The lowest BCUT2D eigenvalue weighted by Crippen LogP contribution is -2.18. The van der Waals surface area contributed by atoms with Gasteiger partial charge in [0.1, 0.15) is 0 Å². The second kappa shape index (κ2) is 2.60. The molecule has 64 valence electrons. The first-order valence-electron chi connectivity index (χ1n) is 4.48. The molecule has 2 rings (SSSR count). The molecule has 0 saturated carbocycles. The molecule has 0 aromatic heterocycles. The number of fused-ring (bicyclic) bond motifs is 1.